The summed E-state index contributed by atoms with van der Waals surface area (Å²) in [7, 11) is 0. The highest BCUT2D eigenvalue weighted by molar-refractivity contribution is 5.97. The van der Waals surface area contributed by atoms with Crippen molar-refractivity contribution >= 4 is 11.8 Å². The Balaban J connectivity index is 1.55. The molecule has 3 saturated carbocycles. The van der Waals surface area contributed by atoms with Crippen LogP contribution in [0.1, 0.15) is 79.6 Å². The zero-order valence-corrected chi connectivity index (χ0v) is 21.9. The zero-order valence-electron chi connectivity index (χ0n) is 21.9. The SMILES string of the molecule is CC1=C(C)C(=O)OC([C@](C)(O)[C@]2(O)CC[C@@]3(O)[C@@H]4C[C@@H](O)[C@@]5(O)CC=CC(=O)[C@]5(C)[C@H]4CC[C@]23C)C1. The quantitative estimate of drug-likeness (QED) is 0.358. The molecule has 8 heteroatoms. The third-order valence-electron chi connectivity index (χ3n) is 11.8. The minimum absolute atomic E-state index is 0.0664. The van der Waals surface area contributed by atoms with Crippen LogP contribution in [0, 0.1) is 22.7 Å². The van der Waals surface area contributed by atoms with Gasteiger partial charge in [-0.05, 0) is 84.1 Å². The molecule has 3 fully saturated rings. The lowest BCUT2D eigenvalue weighted by atomic mass is 9.41. The van der Waals surface area contributed by atoms with Crippen molar-refractivity contribution in [3.05, 3.63) is 23.3 Å². The molecule has 5 N–H and O–H groups in total. The Morgan fingerprint density at radius 1 is 1.03 bits per heavy atom. The van der Waals surface area contributed by atoms with E-state index in [1.807, 2.05) is 6.92 Å². The normalized spacial score (nSPS) is 52.3. The van der Waals surface area contributed by atoms with E-state index >= 15 is 0 Å². The minimum atomic E-state index is -1.86. The number of ketones is 1. The van der Waals surface area contributed by atoms with Crippen LogP contribution in [0.15, 0.2) is 23.3 Å². The minimum Gasteiger partial charge on any atom is -0.455 e. The first-order valence-electron chi connectivity index (χ1n) is 13.2. The van der Waals surface area contributed by atoms with Gasteiger partial charge in [0, 0.05) is 17.4 Å². The molecule has 0 spiro atoms. The molecule has 0 bridgehead atoms. The van der Waals surface area contributed by atoms with E-state index in [9.17, 15) is 35.1 Å². The smallest absolute Gasteiger partial charge is 0.334 e. The third kappa shape index (κ3) is 2.72. The molecule has 0 aromatic carbocycles. The van der Waals surface area contributed by atoms with Gasteiger partial charge >= 0.3 is 5.97 Å². The van der Waals surface area contributed by atoms with Crippen LogP contribution in [-0.2, 0) is 14.3 Å². The van der Waals surface area contributed by atoms with Crippen molar-refractivity contribution in [2.24, 2.45) is 22.7 Å². The molecule has 1 heterocycles. The predicted octanol–water partition coefficient (Wildman–Crippen LogP) is 1.71. The maximum Gasteiger partial charge on any atom is 0.334 e. The number of esters is 1. The maximum atomic E-state index is 13.2. The Labute approximate surface area is 212 Å². The number of allylic oxidation sites excluding steroid dienone is 1. The Hall–Kier alpha value is -1.58. The van der Waals surface area contributed by atoms with Gasteiger partial charge in [0.2, 0.25) is 0 Å². The van der Waals surface area contributed by atoms with Gasteiger partial charge in [-0.15, -0.1) is 0 Å². The van der Waals surface area contributed by atoms with Gasteiger partial charge in [-0.2, -0.15) is 0 Å². The molecule has 0 saturated heterocycles. The highest BCUT2D eigenvalue weighted by atomic mass is 16.6. The van der Waals surface area contributed by atoms with Crippen molar-refractivity contribution in [1.82, 2.24) is 0 Å². The van der Waals surface area contributed by atoms with E-state index < -0.39 is 63.2 Å². The molecule has 36 heavy (non-hydrogen) atoms. The number of ether oxygens (including phenoxy) is 1. The van der Waals surface area contributed by atoms with Gasteiger partial charge in [0.1, 0.15) is 22.9 Å². The fourth-order valence-electron chi connectivity index (χ4n) is 8.95. The number of carbonyl (C=O) groups is 2. The second-order valence-electron chi connectivity index (χ2n) is 12.9. The van der Waals surface area contributed by atoms with Gasteiger partial charge in [-0.1, -0.05) is 18.6 Å². The van der Waals surface area contributed by atoms with E-state index in [1.54, 1.807) is 26.8 Å². The Kier molecular flexibility index (Phi) is 5.43. The van der Waals surface area contributed by atoms with E-state index in [0.717, 1.165) is 5.57 Å². The summed E-state index contributed by atoms with van der Waals surface area (Å²) in [6.07, 6.45) is 2.31. The number of aliphatic hydroxyl groups is 5. The van der Waals surface area contributed by atoms with Crippen molar-refractivity contribution in [1.29, 1.82) is 0 Å². The predicted molar refractivity (Wildman–Crippen MR) is 129 cm³/mol. The second-order valence-corrected chi connectivity index (χ2v) is 12.9. The Morgan fingerprint density at radius 2 is 1.69 bits per heavy atom. The molecular weight excluding hydrogens is 464 g/mol. The van der Waals surface area contributed by atoms with Crippen molar-refractivity contribution in [3.63, 3.8) is 0 Å². The van der Waals surface area contributed by atoms with Crippen molar-refractivity contribution < 1.29 is 39.9 Å². The first kappa shape index (κ1) is 26.0. The van der Waals surface area contributed by atoms with Crippen LogP contribution in [0.5, 0.6) is 0 Å². The van der Waals surface area contributed by atoms with Crippen molar-refractivity contribution in [3.8, 4) is 0 Å². The molecule has 0 amide bonds. The van der Waals surface area contributed by atoms with E-state index in [-0.39, 0.29) is 37.9 Å². The molecule has 4 aliphatic carbocycles. The van der Waals surface area contributed by atoms with Crippen molar-refractivity contribution in [2.75, 3.05) is 0 Å². The van der Waals surface area contributed by atoms with E-state index in [2.05, 4.69) is 0 Å². The molecule has 1 unspecified atom stereocenters. The van der Waals surface area contributed by atoms with Gasteiger partial charge in [0.05, 0.1) is 17.1 Å². The van der Waals surface area contributed by atoms with Crippen LogP contribution in [0.2, 0.25) is 0 Å². The standard InChI is InChI=1S/C28H40O8/c1-15-13-21(36-22(31)16(15)2)25(5,32)28(35)12-11-26(33)18-14-20(30)27(34)9-6-7-19(29)24(27,4)17(18)8-10-23(26,28)3/h6-7,17-18,20-21,30,32-35H,8-14H2,1-5H3/t17-,18+,20+,21?,23-,24-,25-,26+,27-,28-/m0/s1. The largest absolute Gasteiger partial charge is 0.455 e. The summed E-state index contributed by atoms with van der Waals surface area (Å²) in [4.78, 5) is 25.7. The molecule has 0 radical (unpaired) electrons. The summed E-state index contributed by atoms with van der Waals surface area (Å²) in [5.41, 5.74) is -8.00. The molecule has 5 rings (SSSR count). The first-order valence-corrected chi connectivity index (χ1v) is 13.2. The lowest BCUT2D eigenvalue weighted by Crippen LogP contribution is -2.75. The number of hydrogen-bond acceptors (Lipinski definition) is 8. The monoisotopic (exact) mass is 504 g/mol. The summed E-state index contributed by atoms with van der Waals surface area (Å²) >= 11 is 0. The van der Waals surface area contributed by atoms with Gasteiger partial charge in [0.25, 0.3) is 0 Å². The zero-order chi connectivity index (χ0) is 26.7. The summed E-state index contributed by atoms with van der Waals surface area (Å²) in [5.74, 6) is -1.77. The van der Waals surface area contributed by atoms with Gasteiger partial charge < -0.3 is 30.3 Å². The van der Waals surface area contributed by atoms with Crippen LogP contribution in [0.25, 0.3) is 0 Å². The van der Waals surface area contributed by atoms with Crippen LogP contribution in [-0.4, -0.2) is 71.9 Å². The molecule has 8 nitrogen and oxygen atoms in total. The number of rotatable bonds is 2. The average Bonchev–Trinajstić information content (AvgIpc) is 3.03. The molecule has 200 valence electrons. The molecule has 0 aromatic heterocycles. The molecule has 5 aliphatic rings. The second kappa shape index (κ2) is 7.50. The highest BCUT2D eigenvalue weighted by Gasteiger charge is 2.78. The lowest BCUT2D eigenvalue weighted by molar-refractivity contribution is -0.301. The fourth-order valence-corrected chi connectivity index (χ4v) is 8.95. The number of fused-ring (bicyclic) bond motifs is 5. The van der Waals surface area contributed by atoms with E-state index in [4.69, 9.17) is 4.74 Å². The van der Waals surface area contributed by atoms with Gasteiger partial charge in [-0.25, -0.2) is 4.79 Å². The summed E-state index contributed by atoms with van der Waals surface area (Å²) in [5, 5.41) is 59.3. The number of cyclic esters (lactones) is 1. The summed E-state index contributed by atoms with van der Waals surface area (Å²) < 4.78 is 5.59. The third-order valence-corrected chi connectivity index (χ3v) is 11.8. The first-order chi connectivity index (χ1) is 16.5. The van der Waals surface area contributed by atoms with Crippen LogP contribution in [0.3, 0.4) is 0 Å². The van der Waals surface area contributed by atoms with Gasteiger partial charge in [-0.3, -0.25) is 4.79 Å². The molecule has 1 aliphatic heterocycles. The Bertz CT molecular complexity index is 1080. The molecular formula is C28H40O8. The summed E-state index contributed by atoms with van der Waals surface area (Å²) in [6.45, 7) is 8.42. The van der Waals surface area contributed by atoms with Crippen molar-refractivity contribution in [2.45, 2.75) is 114 Å². The number of carbonyl (C=O) groups excluding carboxylic acids is 2. The van der Waals surface area contributed by atoms with Crippen LogP contribution < -0.4 is 0 Å². The fraction of sp³-hybridized carbons (Fsp3) is 0.786. The van der Waals surface area contributed by atoms with E-state index in [0.29, 0.717) is 18.4 Å². The Morgan fingerprint density at radius 3 is 2.33 bits per heavy atom. The lowest BCUT2D eigenvalue weighted by Gasteiger charge is -2.66. The number of aliphatic hydroxyl groups excluding tert-OH is 1. The van der Waals surface area contributed by atoms with E-state index in [1.165, 1.54) is 13.0 Å². The van der Waals surface area contributed by atoms with Gasteiger partial charge in [0.15, 0.2) is 5.78 Å². The maximum absolute atomic E-state index is 13.2. The topological polar surface area (TPSA) is 145 Å². The molecule has 10 atom stereocenters. The summed E-state index contributed by atoms with van der Waals surface area (Å²) in [6, 6.07) is 0. The number of hydrogen-bond donors (Lipinski definition) is 5. The highest BCUT2D eigenvalue weighted by Crippen LogP contribution is 2.71. The average molecular weight is 505 g/mol. The van der Waals surface area contributed by atoms with Crippen LogP contribution in [0.4, 0.5) is 0 Å². The molecule has 0 aromatic rings. The van der Waals surface area contributed by atoms with Crippen LogP contribution >= 0.6 is 0 Å².